The molecule has 2 aliphatic heterocycles. The average Bonchev–Trinajstić information content (AvgIpc) is 3.63. The number of allylic oxidation sites excluding steroid dienone is 2. The lowest BCUT2D eigenvalue weighted by atomic mass is 9.80. The van der Waals surface area contributed by atoms with E-state index in [-0.39, 0.29) is 0 Å². The fourth-order valence-electron chi connectivity index (χ4n) is 7.11. The van der Waals surface area contributed by atoms with Gasteiger partial charge < -0.3 is 14.5 Å². The molecule has 2 saturated heterocycles. The highest BCUT2D eigenvalue weighted by Gasteiger charge is 2.26. The highest BCUT2D eigenvalue weighted by atomic mass is 16.5. The molecule has 4 heterocycles. The minimum Gasteiger partial charge on any atom is -0.478 e. The van der Waals surface area contributed by atoms with Crippen LogP contribution in [-0.2, 0) is 4.74 Å². The molecule has 0 bridgehead atoms. The molecule has 0 radical (unpaired) electrons. The molecule has 2 aliphatic rings. The number of likely N-dealkylation sites (tertiary alicyclic amines) is 2. The van der Waals surface area contributed by atoms with Crippen molar-refractivity contribution >= 4 is 16.8 Å². The number of nitrogens with zero attached hydrogens (tertiary/aromatic N) is 5. The molecule has 0 aliphatic carbocycles. The van der Waals surface area contributed by atoms with Gasteiger partial charge in [-0.15, -0.1) is 0 Å². The van der Waals surface area contributed by atoms with Gasteiger partial charge in [-0.05, 0) is 129 Å². The molecular formula is C36H51N5O. The van der Waals surface area contributed by atoms with Crippen LogP contribution < -0.4 is 0 Å². The Kier molecular flexibility index (Phi) is 9.41. The molecule has 6 nitrogen and oxygen atoms in total. The van der Waals surface area contributed by atoms with E-state index >= 15 is 0 Å². The lowest BCUT2D eigenvalue weighted by molar-refractivity contribution is 0.0679. The third-order valence-corrected chi connectivity index (χ3v) is 9.84. The Morgan fingerprint density at radius 1 is 1.05 bits per heavy atom. The Morgan fingerprint density at radius 2 is 1.81 bits per heavy atom. The number of ether oxygens (including phenoxy) is 1. The van der Waals surface area contributed by atoms with E-state index in [2.05, 4.69) is 99.4 Å². The molecule has 0 N–H and O–H groups in total. The zero-order valence-electron chi connectivity index (χ0n) is 27.0. The highest BCUT2D eigenvalue weighted by Crippen LogP contribution is 2.40. The second-order valence-electron chi connectivity index (χ2n) is 12.9. The van der Waals surface area contributed by atoms with Crippen molar-refractivity contribution in [3.8, 4) is 0 Å². The van der Waals surface area contributed by atoms with E-state index in [1.54, 1.807) is 6.33 Å². The fraction of sp³-hybridized carbons (Fsp3) is 0.556. The molecule has 6 heteroatoms. The molecule has 0 spiro atoms. The molecular weight excluding hydrogens is 518 g/mol. The first-order valence-electron chi connectivity index (χ1n) is 16.1. The summed E-state index contributed by atoms with van der Waals surface area (Å²) >= 11 is 0. The number of aromatic nitrogens is 3. The van der Waals surface area contributed by atoms with Crippen molar-refractivity contribution in [1.82, 2.24) is 24.4 Å². The smallest absolute Gasteiger partial charge is 0.181 e. The predicted molar refractivity (Wildman–Crippen MR) is 174 cm³/mol. The van der Waals surface area contributed by atoms with Crippen molar-refractivity contribution in [2.45, 2.75) is 92.0 Å². The summed E-state index contributed by atoms with van der Waals surface area (Å²) in [6, 6.07) is 7.76. The van der Waals surface area contributed by atoms with Crippen LogP contribution in [0.2, 0.25) is 0 Å². The molecule has 226 valence electrons. The third-order valence-electron chi connectivity index (χ3n) is 9.84. The summed E-state index contributed by atoms with van der Waals surface area (Å²) in [7, 11) is 2.20. The fourth-order valence-corrected chi connectivity index (χ4v) is 7.11. The Labute approximate surface area is 253 Å². The third kappa shape index (κ3) is 6.15. The van der Waals surface area contributed by atoms with E-state index in [1.165, 1.54) is 63.9 Å². The lowest BCUT2D eigenvalue weighted by Crippen LogP contribution is -2.35. The zero-order chi connectivity index (χ0) is 30.0. The largest absolute Gasteiger partial charge is 0.478 e. The Morgan fingerprint density at radius 3 is 2.48 bits per heavy atom. The molecule has 3 aromatic rings. The number of piperidine rings is 1. The maximum Gasteiger partial charge on any atom is 0.181 e. The predicted octanol–water partition coefficient (Wildman–Crippen LogP) is 7.78. The van der Waals surface area contributed by atoms with Gasteiger partial charge in [-0.2, -0.15) is 5.10 Å². The maximum atomic E-state index is 6.17. The van der Waals surface area contributed by atoms with Gasteiger partial charge in [-0.25, -0.2) is 9.50 Å². The zero-order valence-corrected chi connectivity index (χ0v) is 27.0. The molecule has 1 atom stereocenters. The van der Waals surface area contributed by atoms with Gasteiger partial charge in [-0.3, -0.25) is 0 Å². The van der Waals surface area contributed by atoms with Crippen LogP contribution in [0.1, 0.15) is 98.6 Å². The summed E-state index contributed by atoms with van der Waals surface area (Å²) < 4.78 is 8.12. The molecule has 5 rings (SSSR count). The standard InChI is InChI=1S/C36H51N5O/c1-9-11-32(34-21-41-36(37-23-38-41)27(6)26(34)5)35(24(2)3)33-20-30(14-13-25(33)4)29-15-18-40(19-16-29)28(7)42-22-31-12-10-17-39(31)8/h13-14,20-21,23-24,29,31H,7,9-12,15-19,22H2,1-6,8H3/b35-32+/t31-/m1/s1. The molecule has 42 heavy (non-hydrogen) atoms. The van der Waals surface area contributed by atoms with Gasteiger partial charge >= 0.3 is 0 Å². The van der Waals surface area contributed by atoms with E-state index in [4.69, 9.17) is 4.74 Å². The van der Waals surface area contributed by atoms with Crippen molar-refractivity contribution in [1.29, 1.82) is 0 Å². The van der Waals surface area contributed by atoms with E-state index in [9.17, 15) is 0 Å². The quantitative estimate of drug-likeness (QED) is 0.233. The maximum absolute atomic E-state index is 6.17. The van der Waals surface area contributed by atoms with E-state index in [1.807, 2.05) is 4.52 Å². The van der Waals surface area contributed by atoms with Crippen LogP contribution in [0.5, 0.6) is 0 Å². The molecule has 0 saturated carbocycles. The number of rotatable bonds is 10. The van der Waals surface area contributed by atoms with Crippen molar-refractivity contribution in [3.63, 3.8) is 0 Å². The summed E-state index contributed by atoms with van der Waals surface area (Å²) in [5.74, 6) is 1.79. The summed E-state index contributed by atoms with van der Waals surface area (Å²) in [5.41, 5.74) is 11.9. The van der Waals surface area contributed by atoms with E-state index in [0.29, 0.717) is 17.9 Å². The summed E-state index contributed by atoms with van der Waals surface area (Å²) in [5, 5.41) is 4.51. The van der Waals surface area contributed by atoms with Gasteiger partial charge in [0.2, 0.25) is 0 Å². The lowest BCUT2D eigenvalue weighted by Gasteiger charge is -2.35. The number of hydrogen-bond acceptors (Lipinski definition) is 5. The van der Waals surface area contributed by atoms with Crippen molar-refractivity contribution in [3.05, 3.63) is 76.6 Å². The topological polar surface area (TPSA) is 45.9 Å². The molecule has 2 fully saturated rings. The Bertz CT molecular complexity index is 1440. The van der Waals surface area contributed by atoms with Crippen LogP contribution in [0.25, 0.3) is 16.8 Å². The van der Waals surface area contributed by atoms with E-state index < -0.39 is 0 Å². The van der Waals surface area contributed by atoms with Crippen LogP contribution in [-0.4, -0.2) is 63.7 Å². The van der Waals surface area contributed by atoms with Crippen LogP contribution in [0.3, 0.4) is 0 Å². The molecule has 0 unspecified atom stereocenters. The number of pyridine rings is 1. The summed E-state index contributed by atoms with van der Waals surface area (Å²) in [6.45, 7) is 21.9. The van der Waals surface area contributed by atoms with E-state index in [0.717, 1.165) is 56.9 Å². The Hall–Kier alpha value is -3.12. The van der Waals surface area contributed by atoms with Gasteiger partial charge in [0.25, 0.3) is 0 Å². The monoisotopic (exact) mass is 569 g/mol. The van der Waals surface area contributed by atoms with Crippen molar-refractivity contribution < 1.29 is 4.74 Å². The van der Waals surface area contributed by atoms with Crippen LogP contribution in [0.15, 0.2) is 43.2 Å². The normalized spacial score (nSPS) is 19.1. The van der Waals surface area contributed by atoms with Gasteiger partial charge in [0.1, 0.15) is 12.9 Å². The number of fused-ring (bicyclic) bond motifs is 1. The van der Waals surface area contributed by atoms with Crippen LogP contribution >= 0.6 is 0 Å². The summed E-state index contributed by atoms with van der Waals surface area (Å²) in [6.07, 6.45) is 10.7. The van der Waals surface area contributed by atoms with Crippen molar-refractivity contribution in [2.75, 3.05) is 33.3 Å². The van der Waals surface area contributed by atoms with Crippen molar-refractivity contribution in [2.24, 2.45) is 5.92 Å². The molecule has 1 aromatic carbocycles. The second-order valence-corrected chi connectivity index (χ2v) is 12.9. The summed E-state index contributed by atoms with van der Waals surface area (Å²) in [4.78, 5) is 9.27. The first-order chi connectivity index (χ1) is 20.2. The van der Waals surface area contributed by atoms with Gasteiger partial charge in [0, 0.05) is 25.3 Å². The van der Waals surface area contributed by atoms with Crippen LogP contribution in [0.4, 0.5) is 0 Å². The van der Waals surface area contributed by atoms with Gasteiger partial charge in [-0.1, -0.05) is 45.4 Å². The van der Waals surface area contributed by atoms with Gasteiger partial charge in [0.15, 0.2) is 11.5 Å². The first-order valence-corrected chi connectivity index (χ1v) is 16.1. The highest BCUT2D eigenvalue weighted by molar-refractivity contribution is 5.93. The minimum atomic E-state index is 0.396. The SMILES string of the molecule is C=C(OC[C@H]1CCCN1C)N1CCC(c2ccc(C)c(/C(=C(\CCC)c3cn4ncnc4c(C)c3C)C(C)C)c2)CC1. The first kappa shape index (κ1) is 30.3. The molecule has 2 aromatic heterocycles. The van der Waals surface area contributed by atoms with Crippen LogP contribution in [0, 0.1) is 26.7 Å². The number of hydrogen-bond donors (Lipinski definition) is 0. The average molecular weight is 570 g/mol. The van der Waals surface area contributed by atoms with Gasteiger partial charge in [0.05, 0.1) is 0 Å². The number of benzene rings is 1. The molecule has 0 amide bonds. The Balaban J connectivity index is 1.40. The number of likely N-dealkylation sites (N-methyl/N-ethyl adjacent to an activating group) is 1. The second kappa shape index (κ2) is 13.0. The minimum absolute atomic E-state index is 0.396. The number of aryl methyl sites for hydroxylation is 2.